The minimum atomic E-state index is -3.68. The van der Waals surface area contributed by atoms with E-state index in [2.05, 4.69) is 28.9 Å². The van der Waals surface area contributed by atoms with Gasteiger partial charge in [-0.15, -0.1) is 0 Å². The lowest BCUT2D eigenvalue weighted by molar-refractivity contribution is -0.123. The Morgan fingerprint density at radius 1 is 1.03 bits per heavy atom. The first-order valence-corrected chi connectivity index (χ1v) is 12.8. The third-order valence-electron chi connectivity index (χ3n) is 6.29. The molecular formula is C23H27BrN2O5S. The summed E-state index contributed by atoms with van der Waals surface area (Å²) >= 11 is 3.50. The number of carbonyl (C=O) groups excluding carboxylic acids is 1. The van der Waals surface area contributed by atoms with Gasteiger partial charge in [0.1, 0.15) is 0 Å². The topological polar surface area (TPSA) is 76.2 Å². The molecule has 1 atom stereocenters. The van der Waals surface area contributed by atoms with Gasteiger partial charge >= 0.3 is 0 Å². The van der Waals surface area contributed by atoms with E-state index in [1.165, 1.54) is 30.7 Å². The standard InChI is InChI=1S/C23H27BrN2O5S/c1-15-12-17-13-18(24)4-6-20(17)26(15)23(27)16-8-10-25(11-9-16)32(28,29)19-5-7-21(30-2)22(14-19)31-3/h4-7,13-16H,8-12H2,1-3H3/t15-/m0/s1. The molecule has 7 nitrogen and oxygen atoms in total. The van der Waals surface area contributed by atoms with Gasteiger partial charge in [-0.1, -0.05) is 15.9 Å². The highest BCUT2D eigenvalue weighted by Gasteiger charge is 2.38. The number of fused-ring (bicyclic) bond motifs is 1. The zero-order chi connectivity index (χ0) is 23.0. The summed E-state index contributed by atoms with van der Waals surface area (Å²) in [7, 11) is -0.704. The van der Waals surface area contributed by atoms with Crippen LogP contribution in [0.2, 0.25) is 0 Å². The van der Waals surface area contributed by atoms with E-state index >= 15 is 0 Å². The fourth-order valence-electron chi connectivity index (χ4n) is 4.60. The quantitative estimate of drug-likeness (QED) is 0.596. The highest BCUT2D eigenvalue weighted by molar-refractivity contribution is 9.10. The predicted molar refractivity (Wildman–Crippen MR) is 126 cm³/mol. The van der Waals surface area contributed by atoms with E-state index in [0.29, 0.717) is 37.4 Å². The van der Waals surface area contributed by atoms with Crippen LogP contribution in [-0.4, -0.2) is 52.0 Å². The molecule has 1 fully saturated rings. The summed E-state index contributed by atoms with van der Waals surface area (Å²) in [5.41, 5.74) is 2.12. The van der Waals surface area contributed by atoms with E-state index in [-0.39, 0.29) is 22.8 Å². The van der Waals surface area contributed by atoms with Crippen molar-refractivity contribution in [3.05, 3.63) is 46.4 Å². The summed E-state index contributed by atoms with van der Waals surface area (Å²) in [5, 5.41) is 0. The maximum Gasteiger partial charge on any atom is 0.243 e. The summed E-state index contributed by atoms with van der Waals surface area (Å²) in [6.07, 6.45) is 1.83. The lowest BCUT2D eigenvalue weighted by Crippen LogP contribution is -2.46. The van der Waals surface area contributed by atoms with Crippen LogP contribution in [0.4, 0.5) is 5.69 Å². The minimum Gasteiger partial charge on any atom is -0.493 e. The Labute approximate surface area is 197 Å². The van der Waals surface area contributed by atoms with Gasteiger partial charge in [-0.05, 0) is 62.1 Å². The Kier molecular flexibility index (Phi) is 6.51. The average Bonchev–Trinajstić information content (AvgIpc) is 3.12. The number of hydrogen-bond donors (Lipinski definition) is 0. The molecule has 0 spiro atoms. The number of anilines is 1. The maximum absolute atomic E-state index is 13.4. The van der Waals surface area contributed by atoms with Crippen molar-refractivity contribution >= 4 is 37.5 Å². The molecule has 0 N–H and O–H groups in total. The van der Waals surface area contributed by atoms with Crippen molar-refractivity contribution in [3.63, 3.8) is 0 Å². The van der Waals surface area contributed by atoms with Crippen molar-refractivity contribution in [2.75, 3.05) is 32.2 Å². The van der Waals surface area contributed by atoms with Crippen molar-refractivity contribution in [2.24, 2.45) is 5.92 Å². The van der Waals surface area contributed by atoms with Crippen molar-refractivity contribution in [2.45, 2.75) is 37.1 Å². The van der Waals surface area contributed by atoms with E-state index in [1.54, 1.807) is 6.07 Å². The fraction of sp³-hybridized carbons (Fsp3) is 0.435. The van der Waals surface area contributed by atoms with Crippen LogP contribution in [-0.2, 0) is 21.2 Å². The molecule has 0 aromatic heterocycles. The molecule has 2 aliphatic rings. The number of ether oxygens (including phenoxy) is 2. The van der Waals surface area contributed by atoms with Crippen LogP contribution in [0, 0.1) is 5.92 Å². The first-order valence-electron chi connectivity index (χ1n) is 10.6. The Morgan fingerprint density at radius 2 is 1.72 bits per heavy atom. The van der Waals surface area contributed by atoms with Gasteiger partial charge in [-0.3, -0.25) is 4.79 Å². The first kappa shape index (κ1) is 23.1. The van der Waals surface area contributed by atoms with Gasteiger partial charge in [-0.25, -0.2) is 8.42 Å². The second-order valence-corrected chi connectivity index (χ2v) is 11.1. The maximum atomic E-state index is 13.4. The molecule has 1 amide bonds. The Balaban J connectivity index is 1.47. The van der Waals surface area contributed by atoms with Crippen LogP contribution in [0.1, 0.15) is 25.3 Å². The van der Waals surface area contributed by atoms with Gasteiger partial charge in [0, 0.05) is 41.3 Å². The number of piperidine rings is 1. The third kappa shape index (κ3) is 4.13. The summed E-state index contributed by atoms with van der Waals surface area (Å²) in [4.78, 5) is 15.4. The van der Waals surface area contributed by atoms with Crippen LogP contribution < -0.4 is 14.4 Å². The van der Waals surface area contributed by atoms with Crippen molar-refractivity contribution in [1.29, 1.82) is 0 Å². The number of benzene rings is 2. The van der Waals surface area contributed by atoms with Gasteiger partial charge in [0.2, 0.25) is 15.9 Å². The number of nitrogens with zero attached hydrogens (tertiary/aromatic N) is 2. The number of sulfonamides is 1. The molecule has 0 radical (unpaired) electrons. The monoisotopic (exact) mass is 522 g/mol. The molecule has 2 heterocycles. The van der Waals surface area contributed by atoms with Crippen LogP contribution in [0.25, 0.3) is 0 Å². The SMILES string of the molecule is COc1ccc(S(=O)(=O)N2CCC(C(=O)N3c4ccc(Br)cc4C[C@@H]3C)CC2)cc1OC. The number of halogens is 1. The van der Waals surface area contributed by atoms with Crippen molar-refractivity contribution in [3.8, 4) is 11.5 Å². The predicted octanol–water partition coefficient (Wildman–Crippen LogP) is 3.84. The second kappa shape index (κ2) is 9.03. The zero-order valence-corrected chi connectivity index (χ0v) is 20.8. The molecule has 0 unspecified atom stereocenters. The number of carbonyl (C=O) groups is 1. The normalized spacial score (nSPS) is 19.6. The molecule has 0 bridgehead atoms. The first-order chi connectivity index (χ1) is 15.3. The molecule has 32 heavy (non-hydrogen) atoms. The van der Waals surface area contributed by atoms with Crippen LogP contribution in [0.5, 0.6) is 11.5 Å². The molecule has 0 aliphatic carbocycles. The molecule has 2 aromatic carbocycles. The number of hydrogen-bond acceptors (Lipinski definition) is 5. The lowest BCUT2D eigenvalue weighted by atomic mass is 9.96. The highest BCUT2D eigenvalue weighted by atomic mass is 79.9. The van der Waals surface area contributed by atoms with Crippen LogP contribution >= 0.6 is 15.9 Å². The zero-order valence-electron chi connectivity index (χ0n) is 18.4. The molecular weight excluding hydrogens is 496 g/mol. The van der Waals surface area contributed by atoms with Gasteiger partial charge in [-0.2, -0.15) is 4.31 Å². The Morgan fingerprint density at radius 3 is 2.38 bits per heavy atom. The molecule has 2 aliphatic heterocycles. The number of rotatable bonds is 5. The fourth-order valence-corrected chi connectivity index (χ4v) is 6.50. The molecule has 172 valence electrons. The smallest absolute Gasteiger partial charge is 0.243 e. The molecule has 4 rings (SSSR count). The average molecular weight is 523 g/mol. The van der Waals surface area contributed by atoms with E-state index in [9.17, 15) is 13.2 Å². The summed E-state index contributed by atoms with van der Waals surface area (Å²) < 4.78 is 39.2. The van der Waals surface area contributed by atoms with E-state index < -0.39 is 10.0 Å². The number of methoxy groups -OCH3 is 2. The van der Waals surface area contributed by atoms with Gasteiger partial charge in [0.15, 0.2) is 11.5 Å². The second-order valence-electron chi connectivity index (χ2n) is 8.23. The lowest BCUT2D eigenvalue weighted by Gasteiger charge is -2.34. The van der Waals surface area contributed by atoms with Gasteiger partial charge < -0.3 is 14.4 Å². The summed E-state index contributed by atoms with van der Waals surface area (Å²) in [6.45, 7) is 2.67. The summed E-state index contributed by atoms with van der Waals surface area (Å²) in [6, 6.07) is 10.7. The molecule has 0 saturated carbocycles. The van der Waals surface area contributed by atoms with Gasteiger partial charge in [0.05, 0.1) is 19.1 Å². The number of amides is 1. The van der Waals surface area contributed by atoms with Crippen LogP contribution in [0.15, 0.2) is 45.8 Å². The third-order valence-corrected chi connectivity index (χ3v) is 8.68. The minimum absolute atomic E-state index is 0.0849. The van der Waals surface area contributed by atoms with E-state index in [0.717, 1.165) is 22.1 Å². The van der Waals surface area contributed by atoms with Gasteiger partial charge in [0.25, 0.3) is 0 Å². The molecule has 1 saturated heterocycles. The van der Waals surface area contributed by atoms with Crippen LogP contribution in [0.3, 0.4) is 0 Å². The van der Waals surface area contributed by atoms with E-state index in [1.807, 2.05) is 17.0 Å². The Hall–Kier alpha value is -2.10. The highest BCUT2D eigenvalue weighted by Crippen LogP contribution is 2.37. The Bertz CT molecular complexity index is 1130. The largest absolute Gasteiger partial charge is 0.493 e. The summed E-state index contributed by atoms with van der Waals surface area (Å²) in [5.74, 6) is 0.736. The van der Waals surface area contributed by atoms with Crippen molar-refractivity contribution < 1.29 is 22.7 Å². The molecule has 9 heteroatoms. The van der Waals surface area contributed by atoms with E-state index in [4.69, 9.17) is 9.47 Å². The van der Waals surface area contributed by atoms with Crippen molar-refractivity contribution in [1.82, 2.24) is 4.31 Å². The molecule has 2 aromatic rings.